The number of rotatable bonds is 5. The third-order valence-corrected chi connectivity index (χ3v) is 4.87. The number of benzene rings is 1. The van der Waals surface area contributed by atoms with E-state index in [1.807, 2.05) is 36.6 Å². The second kappa shape index (κ2) is 6.43. The van der Waals surface area contributed by atoms with Gasteiger partial charge in [-0.15, -0.1) is 11.8 Å². The Morgan fingerprint density at radius 3 is 2.81 bits per heavy atom. The Kier molecular flexibility index (Phi) is 4.38. The van der Waals surface area contributed by atoms with Crippen LogP contribution in [0.3, 0.4) is 0 Å². The van der Waals surface area contributed by atoms with Gasteiger partial charge in [0.05, 0.1) is 17.0 Å². The first-order valence-corrected chi connectivity index (χ1v) is 8.57. The number of aliphatic hydroxyl groups excluding tert-OH is 1. The molecule has 0 amide bonds. The van der Waals surface area contributed by atoms with Crippen molar-refractivity contribution in [1.82, 2.24) is 9.97 Å². The van der Waals surface area contributed by atoms with Gasteiger partial charge in [0.15, 0.2) is 5.13 Å². The molecule has 21 heavy (non-hydrogen) atoms. The van der Waals surface area contributed by atoms with Gasteiger partial charge in [0.1, 0.15) is 5.52 Å². The van der Waals surface area contributed by atoms with Crippen LogP contribution < -0.4 is 5.32 Å². The molecule has 0 bridgehead atoms. The van der Waals surface area contributed by atoms with Crippen LogP contribution in [0.25, 0.3) is 10.2 Å². The zero-order valence-corrected chi connectivity index (χ0v) is 13.1. The van der Waals surface area contributed by atoms with E-state index in [4.69, 9.17) is 0 Å². The fourth-order valence-corrected chi connectivity index (χ4v) is 3.23. The van der Waals surface area contributed by atoms with Crippen LogP contribution in [0, 0.1) is 0 Å². The molecule has 0 aliphatic carbocycles. The molecule has 0 saturated carbocycles. The quantitative estimate of drug-likeness (QED) is 0.705. The molecular weight excluding hydrogens is 302 g/mol. The lowest BCUT2D eigenvalue weighted by molar-refractivity contribution is 0.191. The van der Waals surface area contributed by atoms with Gasteiger partial charge in [0.25, 0.3) is 0 Å². The standard InChI is InChI=1S/C15H15N3OS2/c1-20-11-4-2-10(3-5-11)13(19)9-17-15-18-12-8-16-7-6-14(12)21-15/h2-8,13,19H,9H2,1H3,(H,17,18). The molecule has 2 aromatic heterocycles. The van der Waals surface area contributed by atoms with Crippen molar-refractivity contribution in [3.05, 3.63) is 48.3 Å². The molecular formula is C15H15N3OS2. The molecule has 2 N–H and O–H groups in total. The van der Waals surface area contributed by atoms with E-state index in [1.165, 1.54) is 4.90 Å². The van der Waals surface area contributed by atoms with Crippen LogP contribution in [0.1, 0.15) is 11.7 Å². The summed E-state index contributed by atoms with van der Waals surface area (Å²) < 4.78 is 1.09. The highest BCUT2D eigenvalue weighted by Crippen LogP contribution is 2.25. The summed E-state index contributed by atoms with van der Waals surface area (Å²) in [4.78, 5) is 9.68. The lowest BCUT2D eigenvalue weighted by Gasteiger charge is -2.11. The molecule has 3 aromatic rings. The summed E-state index contributed by atoms with van der Waals surface area (Å²) in [6, 6.07) is 9.90. The maximum atomic E-state index is 10.2. The van der Waals surface area contributed by atoms with Crippen LogP contribution in [0.2, 0.25) is 0 Å². The summed E-state index contributed by atoms with van der Waals surface area (Å²) in [5, 5.41) is 14.2. The van der Waals surface area contributed by atoms with Gasteiger partial charge in [0.2, 0.25) is 0 Å². The number of aromatic nitrogens is 2. The van der Waals surface area contributed by atoms with Crippen molar-refractivity contribution in [2.75, 3.05) is 18.1 Å². The van der Waals surface area contributed by atoms with Crippen molar-refractivity contribution in [2.45, 2.75) is 11.0 Å². The molecule has 0 spiro atoms. The van der Waals surface area contributed by atoms with Gasteiger partial charge in [0, 0.05) is 17.6 Å². The number of anilines is 1. The fourth-order valence-electron chi connectivity index (χ4n) is 1.98. The number of hydrogen-bond acceptors (Lipinski definition) is 6. The number of thioether (sulfide) groups is 1. The number of pyridine rings is 1. The van der Waals surface area contributed by atoms with Crippen LogP contribution >= 0.6 is 23.1 Å². The van der Waals surface area contributed by atoms with Crippen molar-refractivity contribution in [1.29, 1.82) is 0 Å². The van der Waals surface area contributed by atoms with Gasteiger partial charge in [-0.25, -0.2) is 4.98 Å². The van der Waals surface area contributed by atoms with Gasteiger partial charge >= 0.3 is 0 Å². The molecule has 6 heteroatoms. The summed E-state index contributed by atoms with van der Waals surface area (Å²) in [5.74, 6) is 0. The zero-order chi connectivity index (χ0) is 14.7. The molecule has 0 fully saturated rings. The Labute approximate surface area is 131 Å². The van der Waals surface area contributed by atoms with Gasteiger partial charge in [-0.05, 0) is 30.0 Å². The maximum Gasteiger partial charge on any atom is 0.183 e. The summed E-state index contributed by atoms with van der Waals surface area (Å²) in [6.45, 7) is 0.436. The van der Waals surface area contributed by atoms with E-state index in [0.29, 0.717) is 6.54 Å². The van der Waals surface area contributed by atoms with Gasteiger partial charge in [-0.1, -0.05) is 23.5 Å². The molecule has 1 aromatic carbocycles. The van der Waals surface area contributed by atoms with E-state index < -0.39 is 6.10 Å². The molecule has 4 nitrogen and oxygen atoms in total. The van der Waals surface area contributed by atoms with E-state index in [-0.39, 0.29) is 0 Å². The first-order valence-electron chi connectivity index (χ1n) is 6.52. The largest absolute Gasteiger partial charge is 0.387 e. The number of nitrogens with one attached hydrogen (secondary N) is 1. The summed E-state index contributed by atoms with van der Waals surface area (Å²) in [5.41, 5.74) is 1.78. The van der Waals surface area contributed by atoms with Gasteiger partial charge in [-0.2, -0.15) is 0 Å². The Hall–Kier alpha value is -1.63. The van der Waals surface area contributed by atoms with Crippen molar-refractivity contribution < 1.29 is 5.11 Å². The minimum Gasteiger partial charge on any atom is -0.387 e. The molecule has 0 saturated heterocycles. The van der Waals surface area contributed by atoms with Crippen molar-refractivity contribution in [3.8, 4) is 0 Å². The monoisotopic (exact) mass is 317 g/mol. The minimum atomic E-state index is -0.550. The summed E-state index contributed by atoms with van der Waals surface area (Å²) >= 11 is 3.25. The third kappa shape index (κ3) is 3.34. The first-order chi connectivity index (χ1) is 10.3. The molecule has 108 valence electrons. The van der Waals surface area contributed by atoms with E-state index in [9.17, 15) is 5.11 Å². The Bertz CT molecular complexity index is 694. The Morgan fingerprint density at radius 1 is 1.29 bits per heavy atom. The van der Waals surface area contributed by atoms with Gasteiger partial charge in [-0.3, -0.25) is 4.98 Å². The van der Waals surface area contributed by atoms with E-state index in [2.05, 4.69) is 15.3 Å². The van der Waals surface area contributed by atoms with Crippen LogP contribution in [0.5, 0.6) is 0 Å². The molecule has 1 atom stereocenters. The zero-order valence-electron chi connectivity index (χ0n) is 11.5. The topological polar surface area (TPSA) is 58.0 Å². The lowest BCUT2D eigenvalue weighted by atomic mass is 10.1. The highest BCUT2D eigenvalue weighted by atomic mass is 32.2. The number of hydrogen-bond donors (Lipinski definition) is 2. The van der Waals surface area contributed by atoms with Crippen LogP contribution in [0.4, 0.5) is 5.13 Å². The van der Waals surface area contributed by atoms with E-state index >= 15 is 0 Å². The normalized spacial score (nSPS) is 12.5. The maximum absolute atomic E-state index is 10.2. The Morgan fingerprint density at radius 2 is 2.10 bits per heavy atom. The molecule has 0 radical (unpaired) electrons. The third-order valence-electron chi connectivity index (χ3n) is 3.14. The highest BCUT2D eigenvalue weighted by Gasteiger charge is 2.09. The highest BCUT2D eigenvalue weighted by molar-refractivity contribution is 7.98. The van der Waals surface area contributed by atoms with Gasteiger partial charge < -0.3 is 10.4 Å². The Balaban J connectivity index is 1.65. The van der Waals surface area contributed by atoms with Crippen LogP contribution in [-0.4, -0.2) is 27.9 Å². The van der Waals surface area contributed by atoms with Crippen molar-refractivity contribution in [3.63, 3.8) is 0 Å². The fraction of sp³-hybridized carbons (Fsp3) is 0.200. The average Bonchev–Trinajstić information content (AvgIpc) is 2.95. The second-order valence-electron chi connectivity index (χ2n) is 4.53. The number of thiazole rings is 1. The van der Waals surface area contributed by atoms with Crippen LogP contribution in [0.15, 0.2) is 47.6 Å². The summed E-state index contributed by atoms with van der Waals surface area (Å²) in [7, 11) is 0. The van der Waals surface area contributed by atoms with Crippen molar-refractivity contribution >= 4 is 38.4 Å². The predicted octanol–water partition coefficient (Wildman–Crippen LogP) is 3.56. The van der Waals surface area contributed by atoms with E-state index in [1.54, 1.807) is 35.5 Å². The minimum absolute atomic E-state index is 0.436. The van der Waals surface area contributed by atoms with Crippen molar-refractivity contribution in [2.24, 2.45) is 0 Å². The first kappa shape index (κ1) is 14.3. The molecule has 1 unspecified atom stereocenters. The smallest absolute Gasteiger partial charge is 0.183 e. The molecule has 0 aliphatic rings. The molecule has 2 heterocycles. The SMILES string of the molecule is CSc1ccc(C(O)CNc2nc3cnccc3s2)cc1. The molecule has 0 aliphatic heterocycles. The van der Waals surface area contributed by atoms with Crippen LogP contribution in [-0.2, 0) is 0 Å². The number of fused-ring (bicyclic) bond motifs is 1. The average molecular weight is 317 g/mol. The second-order valence-corrected chi connectivity index (χ2v) is 6.44. The number of nitrogens with zero attached hydrogens (tertiary/aromatic N) is 2. The number of aliphatic hydroxyl groups is 1. The molecule has 3 rings (SSSR count). The van der Waals surface area contributed by atoms with E-state index in [0.717, 1.165) is 20.9 Å². The summed E-state index contributed by atoms with van der Waals surface area (Å²) in [6.07, 6.45) is 4.99. The lowest BCUT2D eigenvalue weighted by Crippen LogP contribution is -2.11. The predicted molar refractivity (Wildman–Crippen MR) is 89.1 cm³/mol.